The van der Waals surface area contributed by atoms with Crippen molar-refractivity contribution >= 4 is 82.5 Å². The molecule has 0 aliphatic rings. The van der Waals surface area contributed by atoms with Crippen molar-refractivity contribution in [2.45, 2.75) is 0 Å². The van der Waals surface area contributed by atoms with E-state index in [0.717, 1.165) is 72.1 Å². The van der Waals surface area contributed by atoms with Gasteiger partial charge in [0.1, 0.15) is 22.3 Å². The Labute approximate surface area is 305 Å². The SMILES string of the molecule is c1ccc(-c2ccc(-c3ccc(N(c4ccc5c(ccc6ccccc65)c4)c4cccc5oc6ccccc6c45)c4c3oc3ccccc34)cc2)cc1. The highest BCUT2D eigenvalue weighted by molar-refractivity contribution is 6.20. The van der Waals surface area contributed by atoms with Crippen molar-refractivity contribution < 1.29 is 8.83 Å². The van der Waals surface area contributed by atoms with E-state index >= 15 is 0 Å². The van der Waals surface area contributed by atoms with E-state index in [1.807, 2.05) is 18.2 Å². The van der Waals surface area contributed by atoms with Crippen molar-refractivity contribution in [2.75, 3.05) is 4.90 Å². The number of para-hydroxylation sites is 2. The van der Waals surface area contributed by atoms with Crippen LogP contribution in [0.5, 0.6) is 0 Å². The number of hydrogen-bond acceptors (Lipinski definition) is 3. The van der Waals surface area contributed by atoms with E-state index in [9.17, 15) is 0 Å². The minimum absolute atomic E-state index is 0.851. The molecule has 0 saturated carbocycles. The van der Waals surface area contributed by atoms with Gasteiger partial charge in [-0.1, -0.05) is 140 Å². The van der Waals surface area contributed by atoms with E-state index in [-0.39, 0.29) is 0 Å². The third kappa shape index (κ3) is 4.68. The summed E-state index contributed by atoms with van der Waals surface area (Å²) in [6.45, 7) is 0. The van der Waals surface area contributed by atoms with Gasteiger partial charge in [0.2, 0.25) is 0 Å². The molecule has 0 N–H and O–H groups in total. The summed E-state index contributed by atoms with van der Waals surface area (Å²) < 4.78 is 13.3. The van der Waals surface area contributed by atoms with E-state index in [2.05, 4.69) is 175 Å². The summed E-state index contributed by atoms with van der Waals surface area (Å²) in [4.78, 5) is 2.39. The minimum atomic E-state index is 0.851. The van der Waals surface area contributed by atoms with Gasteiger partial charge >= 0.3 is 0 Å². The van der Waals surface area contributed by atoms with E-state index in [1.54, 1.807) is 0 Å². The third-order valence-electron chi connectivity index (χ3n) is 10.7. The van der Waals surface area contributed by atoms with Gasteiger partial charge in [0.25, 0.3) is 0 Å². The average molecular weight is 678 g/mol. The largest absolute Gasteiger partial charge is 0.456 e. The molecule has 248 valence electrons. The molecule has 11 rings (SSSR count). The van der Waals surface area contributed by atoms with E-state index in [4.69, 9.17) is 8.83 Å². The molecular formula is C50H31NO2. The topological polar surface area (TPSA) is 29.5 Å². The van der Waals surface area contributed by atoms with Crippen LogP contribution in [-0.4, -0.2) is 0 Å². The fourth-order valence-electron chi connectivity index (χ4n) is 8.19. The Bertz CT molecular complexity index is 3170. The summed E-state index contributed by atoms with van der Waals surface area (Å²) >= 11 is 0. The monoisotopic (exact) mass is 677 g/mol. The average Bonchev–Trinajstić information content (AvgIpc) is 3.81. The molecule has 0 aliphatic carbocycles. The maximum absolute atomic E-state index is 6.83. The highest BCUT2D eigenvalue weighted by atomic mass is 16.3. The maximum atomic E-state index is 6.83. The van der Waals surface area contributed by atoms with E-state index in [0.29, 0.717) is 0 Å². The van der Waals surface area contributed by atoms with Gasteiger partial charge < -0.3 is 13.7 Å². The first-order chi connectivity index (χ1) is 26.3. The molecule has 3 heteroatoms. The summed E-state index contributed by atoms with van der Waals surface area (Å²) in [6, 6.07) is 66.7. The number of anilines is 3. The predicted octanol–water partition coefficient (Wildman–Crippen LogP) is 14.6. The number of benzene rings is 9. The summed E-state index contributed by atoms with van der Waals surface area (Å²) in [6.07, 6.45) is 0. The molecule has 0 atom stereocenters. The lowest BCUT2D eigenvalue weighted by Gasteiger charge is -2.28. The highest BCUT2D eigenvalue weighted by Crippen LogP contribution is 2.49. The number of furan rings is 2. The van der Waals surface area contributed by atoms with E-state index in [1.165, 1.54) is 32.7 Å². The number of hydrogen-bond donors (Lipinski definition) is 0. The van der Waals surface area contributed by atoms with Crippen molar-refractivity contribution in [3.63, 3.8) is 0 Å². The second-order valence-corrected chi connectivity index (χ2v) is 13.7. The fraction of sp³-hybridized carbons (Fsp3) is 0. The Balaban J connectivity index is 1.19. The van der Waals surface area contributed by atoms with Crippen molar-refractivity contribution in [3.05, 3.63) is 188 Å². The molecule has 0 fully saturated rings. The first-order valence-corrected chi connectivity index (χ1v) is 18.0. The molecule has 0 amide bonds. The van der Waals surface area contributed by atoms with Crippen LogP contribution in [0, 0.1) is 0 Å². The number of rotatable bonds is 5. The lowest BCUT2D eigenvalue weighted by atomic mass is 9.97. The molecule has 2 aromatic heterocycles. The molecule has 2 heterocycles. The fourth-order valence-corrected chi connectivity index (χ4v) is 8.19. The zero-order chi connectivity index (χ0) is 34.9. The van der Waals surface area contributed by atoms with Crippen LogP contribution in [0.25, 0.3) is 87.7 Å². The van der Waals surface area contributed by atoms with Gasteiger partial charge in [-0.05, 0) is 86.8 Å². The van der Waals surface area contributed by atoms with Gasteiger partial charge in [-0.25, -0.2) is 0 Å². The van der Waals surface area contributed by atoms with Crippen molar-refractivity contribution in [1.29, 1.82) is 0 Å². The molecule has 9 aromatic carbocycles. The molecule has 0 radical (unpaired) electrons. The van der Waals surface area contributed by atoms with Crippen LogP contribution in [0.3, 0.4) is 0 Å². The number of nitrogens with zero attached hydrogens (tertiary/aromatic N) is 1. The van der Waals surface area contributed by atoms with Crippen molar-refractivity contribution in [3.8, 4) is 22.3 Å². The van der Waals surface area contributed by atoms with Gasteiger partial charge in [-0.2, -0.15) is 0 Å². The first-order valence-electron chi connectivity index (χ1n) is 18.0. The van der Waals surface area contributed by atoms with E-state index < -0.39 is 0 Å². The van der Waals surface area contributed by atoms with Gasteiger partial charge in [-0.15, -0.1) is 0 Å². The van der Waals surface area contributed by atoms with Crippen molar-refractivity contribution in [2.24, 2.45) is 0 Å². The standard InChI is InChI=1S/C50H31NO2/c1-2-11-32(12-3-1)33-21-23-35(24-22-33)40-29-30-44(49-42-16-7-9-19-46(42)53-50(40)49)51(43-17-10-20-47-48(43)41-15-6-8-18-45(41)52-47)37-27-28-39-36(31-37)26-25-34-13-4-5-14-38(34)39/h1-31H. The summed E-state index contributed by atoms with van der Waals surface area (Å²) in [5.41, 5.74) is 11.1. The Morgan fingerprint density at radius 2 is 0.943 bits per heavy atom. The Hall–Kier alpha value is -7.10. The third-order valence-corrected chi connectivity index (χ3v) is 10.7. The van der Waals surface area contributed by atoms with Crippen LogP contribution in [-0.2, 0) is 0 Å². The van der Waals surface area contributed by atoms with Crippen molar-refractivity contribution in [1.82, 2.24) is 0 Å². The summed E-state index contributed by atoms with van der Waals surface area (Å²) in [5, 5.41) is 9.18. The molecule has 0 spiro atoms. The van der Waals surface area contributed by atoms with Gasteiger partial charge in [0.05, 0.1) is 22.1 Å². The number of fused-ring (bicyclic) bond motifs is 9. The molecule has 0 saturated heterocycles. The molecule has 3 nitrogen and oxygen atoms in total. The van der Waals surface area contributed by atoms with Crippen LogP contribution < -0.4 is 4.90 Å². The zero-order valence-electron chi connectivity index (χ0n) is 28.7. The lowest BCUT2D eigenvalue weighted by Crippen LogP contribution is -2.11. The smallest absolute Gasteiger partial charge is 0.145 e. The molecular weight excluding hydrogens is 647 g/mol. The normalized spacial score (nSPS) is 11.8. The second kappa shape index (κ2) is 11.7. The predicted molar refractivity (Wildman–Crippen MR) is 222 cm³/mol. The quantitative estimate of drug-likeness (QED) is 0.170. The maximum Gasteiger partial charge on any atom is 0.145 e. The van der Waals surface area contributed by atoms with Gasteiger partial charge in [-0.3, -0.25) is 0 Å². The minimum Gasteiger partial charge on any atom is -0.456 e. The Kier molecular flexibility index (Phi) is 6.55. The molecule has 0 bridgehead atoms. The first kappa shape index (κ1) is 29.6. The van der Waals surface area contributed by atoms with Crippen LogP contribution in [0.4, 0.5) is 17.1 Å². The van der Waals surface area contributed by atoms with Gasteiger partial charge in [0.15, 0.2) is 0 Å². The Morgan fingerprint density at radius 3 is 1.77 bits per heavy atom. The van der Waals surface area contributed by atoms with Crippen LogP contribution in [0.2, 0.25) is 0 Å². The highest BCUT2D eigenvalue weighted by Gasteiger charge is 2.25. The molecule has 0 unspecified atom stereocenters. The zero-order valence-corrected chi connectivity index (χ0v) is 28.7. The molecule has 0 aliphatic heterocycles. The van der Waals surface area contributed by atoms with Gasteiger partial charge in [0, 0.05) is 22.0 Å². The summed E-state index contributed by atoms with van der Waals surface area (Å²) in [7, 11) is 0. The molecule has 11 aromatic rings. The van der Waals surface area contributed by atoms with Crippen LogP contribution >= 0.6 is 0 Å². The summed E-state index contributed by atoms with van der Waals surface area (Å²) in [5.74, 6) is 0. The Morgan fingerprint density at radius 1 is 0.340 bits per heavy atom. The molecule has 53 heavy (non-hydrogen) atoms. The second-order valence-electron chi connectivity index (χ2n) is 13.7. The lowest BCUT2D eigenvalue weighted by molar-refractivity contribution is 0.669. The van der Waals surface area contributed by atoms with Crippen LogP contribution in [0.15, 0.2) is 197 Å². The van der Waals surface area contributed by atoms with Crippen LogP contribution in [0.1, 0.15) is 0 Å².